The minimum absolute atomic E-state index is 0.0600. The lowest BCUT2D eigenvalue weighted by atomic mass is 10.1. The first-order valence-corrected chi connectivity index (χ1v) is 7.69. The van der Waals surface area contributed by atoms with Crippen LogP contribution in [0.25, 0.3) is 0 Å². The van der Waals surface area contributed by atoms with Crippen molar-refractivity contribution in [1.29, 1.82) is 0 Å². The van der Waals surface area contributed by atoms with Gasteiger partial charge < -0.3 is 30.4 Å². The molecule has 2 aliphatic heterocycles. The zero-order valence-corrected chi connectivity index (χ0v) is 13.6. The molecule has 0 aromatic carbocycles. The topological polar surface area (TPSA) is 127 Å². The van der Waals surface area contributed by atoms with E-state index in [0.717, 1.165) is 0 Å². The van der Waals surface area contributed by atoms with Gasteiger partial charge in [-0.2, -0.15) is 0 Å². The highest BCUT2D eigenvalue weighted by Gasteiger charge is 2.42. The van der Waals surface area contributed by atoms with Crippen molar-refractivity contribution in [3.8, 4) is 5.75 Å². The Bertz CT molecular complexity index is 805. The van der Waals surface area contributed by atoms with Gasteiger partial charge in [0.15, 0.2) is 17.7 Å². The summed E-state index contributed by atoms with van der Waals surface area (Å²) in [6.45, 7) is 2.33. The summed E-state index contributed by atoms with van der Waals surface area (Å²) in [6, 6.07) is -0.153. The molecule has 128 valence electrons. The van der Waals surface area contributed by atoms with Crippen LogP contribution in [0.4, 0.5) is 0 Å². The zero-order valence-electron chi connectivity index (χ0n) is 12.8. The molecule has 0 unspecified atom stereocenters. The normalized spacial score (nSPS) is 22.0. The van der Waals surface area contributed by atoms with Crippen molar-refractivity contribution in [2.45, 2.75) is 25.7 Å². The number of hydrogen-bond acceptors (Lipinski definition) is 6. The first-order chi connectivity index (χ1) is 11.3. The van der Waals surface area contributed by atoms with Crippen LogP contribution in [0.2, 0.25) is 0 Å². The van der Waals surface area contributed by atoms with E-state index in [2.05, 4.69) is 17.5 Å². The molecule has 3 rings (SSSR count). The molecule has 10 heteroatoms. The molecule has 1 aromatic heterocycles. The van der Waals surface area contributed by atoms with Crippen LogP contribution in [0.1, 0.15) is 27.8 Å². The van der Waals surface area contributed by atoms with Gasteiger partial charge in [-0.25, -0.2) is 0 Å². The predicted molar refractivity (Wildman–Crippen MR) is 86.9 cm³/mol. The Hall–Kier alpha value is -2.46. The summed E-state index contributed by atoms with van der Waals surface area (Å²) >= 11 is 4.66. The van der Waals surface area contributed by atoms with Crippen LogP contribution < -0.4 is 16.5 Å². The van der Waals surface area contributed by atoms with E-state index in [-0.39, 0.29) is 35.4 Å². The summed E-state index contributed by atoms with van der Waals surface area (Å²) in [4.78, 5) is 38.5. The molecule has 24 heavy (non-hydrogen) atoms. The lowest BCUT2D eigenvalue weighted by Gasteiger charge is -2.33. The van der Waals surface area contributed by atoms with Crippen LogP contribution in [-0.4, -0.2) is 56.8 Å². The maximum atomic E-state index is 12.6. The number of rotatable bonds is 3. The zero-order chi connectivity index (χ0) is 17.6. The van der Waals surface area contributed by atoms with Crippen molar-refractivity contribution in [1.82, 2.24) is 14.8 Å². The number of carbonyl (C=O) groups excluding carboxylic acids is 2. The van der Waals surface area contributed by atoms with Crippen LogP contribution in [0, 0.1) is 0 Å². The van der Waals surface area contributed by atoms with Crippen LogP contribution in [0.5, 0.6) is 5.75 Å². The molecule has 2 atom stereocenters. The van der Waals surface area contributed by atoms with E-state index < -0.39 is 29.2 Å². The molecule has 9 nitrogen and oxygen atoms in total. The fraction of sp³-hybridized carbons (Fsp3) is 0.429. The lowest BCUT2D eigenvalue weighted by Crippen LogP contribution is -2.49. The Labute approximate surface area is 142 Å². The van der Waals surface area contributed by atoms with E-state index in [0.29, 0.717) is 6.61 Å². The smallest absolute Gasteiger partial charge is 0.276 e. The van der Waals surface area contributed by atoms with Gasteiger partial charge in [0.1, 0.15) is 5.56 Å². The second-order valence-electron chi connectivity index (χ2n) is 5.72. The van der Waals surface area contributed by atoms with Gasteiger partial charge in [-0.1, -0.05) is 12.2 Å². The number of aromatic hydroxyl groups is 1. The highest BCUT2D eigenvalue weighted by molar-refractivity contribution is 7.80. The fourth-order valence-corrected chi connectivity index (χ4v) is 2.97. The molecule has 0 radical (unpaired) electrons. The average Bonchev–Trinajstić information content (AvgIpc) is 2.89. The third kappa shape index (κ3) is 2.53. The third-order valence-electron chi connectivity index (χ3n) is 4.03. The third-order valence-corrected chi connectivity index (χ3v) is 4.17. The first-order valence-electron chi connectivity index (χ1n) is 7.28. The molecular weight excluding hydrogens is 336 g/mol. The number of pyridine rings is 1. The highest BCUT2D eigenvalue weighted by Crippen LogP contribution is 2.29. The highest BCUT2D eigenvalue weighted by atomic mass is 32.1. The maximum Gasteiger partial charge on any atom is 0.276 e. The monoisotopic (exact) mass is 352 g/mol. The van der Waals surface area contributed by atoms with Gasteiger partial charge in [0, 0.05) is 6.20 Å². The van der Waals surface area contributed by atoms with Crippen molar-refractivity contribution in [2.24, 2.45) is 5.73 Å². The standard InChI is InChI=1S/C14H16N4O5S/c1-6-5-23-9-4-17-3-7(13(21)16-2-8(15)24)11(19)12(20)10(17)14(22)18(6)9/h3,6,9,20H,2,4-5H2,1H3,(H2,15,24)(H,16,21)/t6-,9+/m0/s1. The SMILES string of the molecule is C[C@H]1CO[C@@H]2Cn3cc(C(=O)NCC(N)=S)c(=O)c(O)c3C(=O)N12. The molecule has 1 aromatic rings. The average molecular weight is 352 g/mol. The summed E-state index contributed by atoms with van der Waals surface area (Å²) in [5.74, 6) is -1.98. The van der Waals surface area contributed by atoms with Crippen LogP contribution in [-0.2, 0) is 11.3 Å². The number of nitrogens with zero attached hydrogens (tertiary/aromatic N) is 2. The molecule has 1 saturated heterocycles. The van der Waals surface area contributed by atoms with E-state index in [1.54, 1.807) is 0 Å². The van der Waals surface area contributed by atoms with Crippen molar-refractivity contribution < 1.29 is 19.4 Å². The fourth-order valence-electron chi connectivity index (χ4n) is 2.90. The summed E-state index contributed by atoms with van der Waals surface area (Å²) in [7, 11) is 0. The summed E-state index contributed by atoms with van der Waals surface area (Å²) in [6.07, 6.45) is 0.753. The number of nitrogens with one attached hydrogen (secondary N) is 1. The van der Waals surface area contributed by atoms with Crippen molar-refractivity contribution in [2.75, 3.05) is 13.2 Å². The largest absolute Gasteiger partial charge is 0.503 e. The molecule has 3 heterocycles. The van der Waals surface area contributed by atoms with Gasteiger partial charge in [0.2, 0.25) is 5.43 Å². The molecule has 4 N–H and O–H groups in total. The number of aromatic nitrogens is 1. The summed E-state index contributed by atoms with van der Waals surface area (Å²) in [5.41, 5.74) is 3.96. The van der Waals surface area contributed by atoms with Crippen LogP contribution in [0.15, 0.2) is 11.0 Å². The lowest BCUT2D eigenvalue weighted by molar-refractivity contribution is 0.00625. The number of thiocarbonyl (C=S) groups is 1. The number of fused-ring (bicyclic) bond motifs is 2. The Morgan fingerprint density at radius 3 is 2.92 bits per heavy atom. The van der Waals surface area contributed by atoms with Gasteiger partial charge >= 0.3 is 0 Å². The number of hydrogen-bond donors (Lipinski definition) is 3. The Kier molecular flexibility index (Phi) is 4.01. The van der Waals surface area contributed by atoms with Crippen molar-refractivity contribution in [3.05, 3.63) is 27.7 Å². The van der Waals surface area contributed by atoms with Gasteiger partial charge in [-0.15, -0.1) is 0 Å². The quantitative estimate of drug-likeness (QED) is 0.581. The second-order valence-corrected chi connectivity index (χ2v) is 6.24. The minimum atomic E-state index is -0.916. The second kappa shape index (κ2) is 5.87. The van der Waals surface area contributed by atoms with E-state index in [9.17, 15) is 19.5 Å². The molecule has 0 aliphatic carbocycles. The molecule has 2 amide bonds. The summed E-state index contributed by atoms with van der Waals surface area (Å²) in [5, 5.41) is 12.6. The van der Waals surface area contributed by atoms with E-state index in [4.69, 9.17) is 10.5 Å². The summed E-state index contributed by atoms with van der Waals surface area (Å²) < 4.78 is 6.91. The Morgan fingerprint density at radius 1 is 1.54 bits per heavy atom. The molecule has 2 aliphatic rings. The number of carbonyl (C=O) groups is 2. The van der Waals surface area contributed by atoms with Gasteiger partial charge in [0.25, 0.3) is 11.8 Å². The van der Waals surface area contributed by atoms with E-state index >= 15 is 0 Å². The molecule has 0 bridgehead atoms. The van der Waals surface area contributed by atoms with Crippen molar-refractivity contribution in [3.63, 3.8) is 0 Å². The first kappa shape index (κ1) is 16.4. The molecule has 0 spiro atoms. The predicted octanol–water partition coefficient (Wildman–Crippen LogP) is -1.23. The maximum absolute atomic E-state index is 12.6. The number of amides is 2. The number of nitrogens with two attached hydrogens (primary N) is 1. The van der Waals surface area contributed by atoms with E-state index in [1.807, 2.05) is 6.92 Å². The van der Waals surface area contributed by atoms with Gasteiger partial charge in [-0.05, 0) is 6.92 Å². The van der Waals surface area contributed by atoms with Crippen LogP contribution >= 0.6 is 12.2 Å². The number of ether oxygens (including phenoxy) is 1. The Morgan fingerprint density at radius 2 is 2.25 bits per heavy atom. The minimum Gasteiger partial charge on any atom is -0.503 e. The van der Waals surface area contributed by atoms with Crippen LogP contribution in [0.3, 0.4) is 0 Å². The molecular formula is C14H16N4O5S. The Balaban J connectivity index is 2.02. The molecule has 1 fully saturated rings. The van der Waals surface area contributed by atoms with Crippen molar-refractivity contribution >= 4 is 29.0 Å². The molecule has 0 saturated carbocycles. The van der Waals surface area contributed by atoms with E-state index in [1.165, 1.54) is 15.7 Å². The van der Waals surface area contributed by atoms with Gasteiger partial charge in [0.05, 0.1) is 30.7 Å². The van der Waals surface area contributed by atoms with Gasteiger partial charge in [-0.3, -0.25) is 14.4 Å².